The average molecular weight is 285 g/mol. The third kappa shape index (κ3) is 3.37. The van der Waals surface area contributed by atoms with Crippen LogP contribution in [0.2, 0.25) is 0 Å². The molecule has 21 heavy (non-hydrogen) atoms. The Hall–Kier alpha value is -2.00. The van der Waals surface area contributed by atoms with E-state index in [1.807, 2.05) is 43.4 Å². The van der Waals surface area contributed by atoms with Gasteiger partial charge in [0.2, 0.25) is 0 Å². The van der Waals surface area contributed by atoms with Crippen LogP contribution in [0, 0.1) is 0 Å². The highest BCUT2D eigenvalue weighted by molar-refractivity contribution is 5.49. The average Bonchev–Trinajstić information content (AvgIpc) is 2.54. The van der Waals surface area contributed by atoms with Crippen molar-refractivity contribution in [2.45, 2.75) is 26.3 Å². The van der Waals surface area contributed by atoms with Gasteiger partial charge in [-0.15, -0.1) is 0 Å². The number of benzene rings is 2. The highest BCUT2D eigenvalue weighted by Crippen LogP contribution is 2.37. The summed E-state index contributed by atoms with van der Waals surface area (Å²) in [6, 6.07) is 14.2. The summed E-state index contributed by atoms with van der Waals surface area (Å²) in [5, 5.41) is 3.25. The number of nitrogens with one attached hydrogen (secondary N) is 1. The van der Waals surface area contributed by atoms with Gasteiger partial charge in [0, 0.05) is 6.04 Å². The molecule has 2 aromatic rings. The largest absolute Gasteiger partial charge is 0.496 e. The summed E-state index contributed by atoms with van der Waals surface area (Å²) >= 11 is 0. The summed E-state index contributed by atoms with van der Waals surface area (Å²) in [5.74, 6) is 2.57. The van der Waals surface area contributed by atoms with Gasteiger partial charge in [0.1, 0.15) is 17.2 Å². The van der Waals surface area contributed by atoms with Crippen LogP contribution < -0.4 is 14.8 Å². The fourth-order valence-electron chi connectivity index (χ4n) is 2.38. The minimum atomic E-state index is 0.143. The Kier molecular flexibility index (Phi) is 5.23. The first kappa shape index (κ1) is 15.4. The van der Waals surface area contributed by atoms with Gasteiger partial charge in [-0.1, -0.05) is 31.2 Å². The van der Waals surface area contributed by atoms with Crippen LogP contribution in [0.25, 0.3) is 0 Å². The Balaban J connectivity index is 2.44. The zero-order valence-electron chi connectivity index (χ0n) is 13.1. The smallest absolute Gasteiger partial charge is 0.135 e. The quantitative estimate of drug-likeness (QED) is 0.857. The molecule has 2 aromatic carbocycles. The van der Waals surface area contributed by atoms with E-state index in [2.05, 4.69) is 25.2 Å². The Morgan fingerprint density at radius 1 is 1.00 bits per heavy atom. The molecule has 0 aromatic heterocycles. The number of aryl methyl sites for hydroxylation is 1. The molecule has 1 atom stereocenters. The fourth-order valence-corrected chi connectivity index (χ4v) is 2.38. The van der Waals surface area contributed by atoms with E-state index >= 15 is 0 Å². The van der Waals surface area contributed by atoms with E-state index in [9.17, 15) is 0 Å². The molecule has 1 N–H and O–H groups in total. The van der Waals surface area contributed by atoms with Crippen molar-refractivity contribution in [1.29, 1.82) is 0 Å². The van der Waals surface area contributed by atoms with Crippen molar-refractivity contribution in [3.8, 4) is 17.2 Å². The molecule has 0 aliphatic heterocycles. The Morgan fingerprint density at radius 3 is 2.33 bits per heavy atom. The second-order valence-corrected chi connectivity index (χ2v) is 4.95. The van der Waals surface area contributed by atoms with E-state index in [1.54, 1.807) is 7.11 Å². The summed E-state index contributed by atoms with van der Waals surface area (Å²) in [5.41, 5.74) is 2.23. The second-order valence-electron chi connectivity index (χ2n) is 4.95. The predicted octanol–water partition coefficient (Wildman–Crippen LogP) is 4.33. The maximum atomic E-state index is 6.18. The summed E-state index contributed by atoms with van der Waals surface area (Å²) in [4.78, 5) is 0. The minimum Gasteiger partial charge on any atom is -0.496 e. The molecule has 1 unspecified atom stereocenters. The van der Waals surface area contributed by atoms with Crippen LogP contribution in [0.15, 0.2) is 42.5 Å². The molecule has 0 spiro atoms. The van der Waals surface area contributed by atoms with Crippen molar-refractivity contribution in [3.05, 3.63) is 53.6 Å². The molecule has 0 bridgehead atoms. The SMILES string of the molecule is CCc1ccccc1Oc1cccc(OC)c1C(C)NC. The number of para-hydroxylation sites is 1. The van der Waals surface area contributed by atoms with Crippen molar-refractivity contribution in [3.63, 3.8) is 0 Å². The number of hydrogen-bond acceptors (Lipinski definition) is 3. The zero-order chi connectivity index (χ0) is 15.2. The van der Waals surface area contributed by atoms with E-state index in [1.165, 1.54) is 5.56 Å². The lowest BCUT2D eigenvalue weighted by Gasteiger charge is -2.20. The number of hydrogen-bond donors (Lipinski definition) is 1. The van der Waals surface area contributed by atoms with Crippen molar-refractivity contribution < 1.29 is 9.47 Å². The summed E-state index contributed by atoms with van der Waals surface area (Å²) in [7, 11) is 3.62. The molecular weight excluding hydrogens is 262 g/mol. The standard InChI is InChI=1S/C18H23NO2/c1-5-14-9-6-7-10-15(14)21-17-12-8-11-16(20-4)18(17)13(2)19-3/h6-13,19H,5H2,1-4H3. The fraction of sp³-hybridized carbons (Fsp3) is 0.333. The van der Waals surface area contributed by atoms with Crippen molar-refractivity contribution in [2.24, 2.45) is 0 Å². The van der Waals surface area contributed by atoms with Crippen LogP contribution in [-0.4, -0.2) is 14.2 Å². The van der Waals surface area contributed by atoms with E-state index in [0.717, 1.165) is 29.2 Å². The molecule has 0 saturated heterocycles. The van der Waals surface area contributed by atoms with E-state index in [-0.39, 0.29) is 6.04 Å². The first-order valence-corrected chi connectivity index (χ1v) is 7.31. The molecule has 0 aliphatic carbocycles. The Morgan fingerprint density at radius 2 is 1.67 bits per heavy atom. The third-order valence-corrected chi connectivity index (χ3v) is 3.69. The Bertz CT molecular complexity index is 596. The lowest BCUT2D eigenvalue weighted by Crippen LogP contribution is -2.14. The van der Waals surface area contributed by atoms with Gasteiger partial charge in [-0.25, -0.2) is 0 Å². The molecule has 0 fully saturated rings. The van der Waals surface area contributed by atoms with E-state index in [4.69, 9.17) is 9.47 Å². The molecule has 0 radical (unpaired) electrons. The van der Waals surface area contributed by atoms with Crippen molar-refractivity contribution in [2.75, 3.05) is 14.2 Å². The third-order valence-electron chi connectivity index (χ3n) is 3.69. The van der Waals surface area contributed by atoms with Crippen LogP contribution in [-0.2, 0) is 6.42 Å². The molecule has 112 valence electrons. The van der Waals surface area contributed by atoms with Gasteiger partial charge in [0.25, 0.3) is 0 Å². The molecular formula is C18H23NO2. The topological polar surface area (TPSA) is 30.5 Å². The minimum absolute atomic E-state index is 0.143. The van der Waals surface area contributed by atoms with Crippen LogP contribution in [0.5, 0.6) is 17.2 Å². The van der Waals surface area contributed by atoms with E-state index < -0.39 is 0 Å². The number of rotatable bonds is 6. The highest BCUT2D eigenvalue weighted by Gasteiger charge is 2.17. The summed E-state index contributed by atoms with van der Waals surface area (Å²) in [6.45, 7) is 4.22. The maximum Gasteiger partial charge on any atom is 0.135 e. The van der Waals surface area contributed by atoms with Gasteiger partial charge in [-0.05, 0) is 44.2 Å². The molecule has 3 nitrogen and oxygen atoms in total. The van der Waals surface area contributed by atoms with Crippen molar-refractivity contribution in [1.82, 2.24) is 5.32 Å². The molecule has 3 heteroatoms. The Labute approximate surface area is 126 Å². The highest BCUT2D eigenvalue weighted by atomic mass is 16.5. The number of ether oxygens (including phenoxy) is 2. The maximum absolute atomic E-state index is 6.18. The molecule has 0 saturated carbocycles. The van der Waals surface area contributed by atoms with Gasteiger partial charge < -0.3 is 14.8 Å². The lowest BCUT2D eigenvalue weighted by atomic mass is 10.1. The predicted molar refractivity (Wildman–Crippen MR) is 86.4 cm³/mol. The number of methoxy groups -OCH3 is 1. The first-order chi connectivity index (χ1) is 10.2. The normalized spacial score (nSPS) is 12.0. The molecule has 0 aliphatic rings. The zero-order valence-corrected chi connectivity index (χ0v) is 13.1. The van der Waals surface area contributed by atoms with Crippen LogP contribution in [0.3, 0.4) is 0 Å². The molecule has 0 amide bonds. The van der Waals surface area contributed by atoms with Gasteiger partial charge in [-0.3, -0.25) is 0 Å². The van der Waals surface area contributed by atoms with Gasteiger partial charge in [0.05, 0.1) is 12.7 Å². The van der Waals surface area contributed by atoms with Crippen LogP contribution >= 0.6 is 0 Å². The summed E-state index contributed by atoms with van der Waals surface area (Å²) in [6.07, 6.45) is 0.942. The van der Waals surface area contributed by atoms with Crippen molar-refractivity contribution >= 4 is 0 Å². The first-order valence-electron chi connectivity index (χ1n) is 7.31. The van der Waals surface area contributed by atoms with Gasteiger partial charge in [-0.2, -0.15) is 0 Å². The second kappa shape index (κ2) is 7.14. The lowest BCUT2D eigenvalue weighted by molar-refractivity contribution is 0.392. The molecule has 0 heterocycles. The summed E-state index contributed by atoms with van der Waals surface area (Å²) < 4.78 is 11.7. The van der Waals surface area contributed by atoms with E-state index in [0.29, 0.717) is 0 Å². The molecule has 2 rings (SSSR count). The van der Waals surface area contributed by atoms with Crippen LogP contribution in [0.4, 0.5) is 0 Å². The monoisotopic (exact) mass is 285 g/mol. The van der Waals surface area contributed by atoms with Gasteiger partial charge >= 0.3 is 0 Å². The van der Waals surface area contributed by atoms with Crippen LogP contribution in [0.1, 0.15) is 31.0 Å². The van der Waals surface area contributed by atoms with Gasteiger partial charge in [0.15, 0.2) is 0 Å².